The number of nitrogens with zero attached hydrogens (tertiary/aromatic N) is 6. The van der Waals surface area contributed by atoms with E-state index in [0.29, 0.717) is 6.42 Å². The van der Waals surface area contributed by atoms with E-state index in [2.05, 4.69) is 49.4 Å². The summed E-state index contributed by atoms with van der Waals surface area (Å²) < 4.78 is 6.24. The van der Waals surface area contributed by atoms with Gasteiger partial charge in [-0.05, 0) is 25.7 Å². The third-order valence-electron chi connectivity index (χ3n) is 5.84. The summed E-state index contributed by atoms with van der Waals surface area (Å²) in [6.45, 7) is 8.52. The summed E-state index contributed by atoms with van der Waals surface area (Å²) in [5, 5.41) is 0. The van der Waals surface area contributed by atoms with Crippen LogP contribution in [0.5, 0.6) is 0 Å². The zero-order valence-corrected chi connectivity index (χ0v) is 25.8. The van der Waals surface area contributed by atoms with Crippen molar-refractivity contribution in [3.8, 4) is 0 Å². The lowest BCUT2D eigenvalue weighted by Crippen LogP contribution is -1.96. The Balaban J connectivity index is 0.000000483. The number of hydrogen-bond donors (Lipinski definition) is 3. The Kier molecular flexibility index (Phi) is 20.6. The zero-order valence-electron chi connectivity index (χ0n) is 24.9. The second-order valence-corrected chi connectivity index (χ2v) is 11.3. The minimum absolute atomic E-state index is 0.142. The molecule has 0 aliphatic rings. The molecule has 0 radical (unpaired) electrons. The summed E-state index contributed by atoms with van der Waals surface area (Å²) in [5.74, 6) is 3.59. The van der Waals surface area contributed by atoms with Gasteiger partial charge in [-0.25, -0.2) is 15.0 Å². The van der Waals surface area contributed by atoms with E-state index in [1.165, 1.54) is 56.0 Å². The standard InChI is InChI=1S/3C8H14N2.C4H12O3P/c3*1-3-4-5-8-9-6-7-10(8)2;1-2-3-4-8(5,6)7/h3*6-7H,3-5H2,1-2H3;5-7H,2-4H2,1H3/q;;;+1. The molecule has 218 valence electrons. The lowest BCUT2D eigenvalue weighted by atomic mass is 10.2. The fraction of sp³-hybridized carbons (Fsp3) is 0.679. The van der Waals surface area contributed by atoms with Crippen molar-refractivity contribution >= 4 is 7.94 Å². The molecule has 3 aromatic rings. The molecule has 0 atom stereocenters. The van der Waals surface area contributed by atoms with Crippen LogP contribution in [0.4, 0.5) is 0 Å². The normalized spacial score (nSPS) is 10.6. The van der Waals surface area contributed by atoms with Gasteiger partial charge in [-0.1, -0.05) is 53.4 Å². The lowest BCUT2D eigenvalue weighted by molar-refractivity contribution is 0.329. The summed E-state index contributed by atoms with van der Waals surface area (Å²) in [6.07, 6.45) is 24.0. The molecular formula is C28H54N6O3P+. The highest BCUT2D eigenvalue weighted by Crippen LogP contribution is 2.44. The maximum absolute atomic E-state index is 8.37. The molecule has 0 fully saturated rings. The van der Waals surface area contributed by atoms with Gasteiger partial charge in [0.25, 0.3) is 0 Å². The molecule has 0 aromatic carbocycles. The smallest absolute Gasteiger partial charge is 0.338 e. The van der Waals surface area contributed by atoms with E-state index in [1.54, 1.807) is 0 Å². The highest BCUT2D eigenvalue weighted by Gasteiger charge is 2.27. The van der Waals surface area contributed by atoms with Gasteiger partial charge >= 0.3 is 7.94 Å². The number of imidazole rings is 3. The predicted molar refractivity (Wildman–Crippen MR) is 159 cm³/mol. The van der Waals surface area contributed by atoms with Crippen LogP contribution in [0.3, 0.4) is 0 Å². The quantitative estimate of drug-likeness (QED) is 0.244. The first-order valence-corrected chi connectivity index (χ1v) is 15.9. The minimum atomic E-state index is -3.43. The van der Waals surface area contributed by atoms with Crippen LogP contribution >= 0.6 is 7.94 Å². The Morgan fingerprint density at radius 1 is 0.553 bits per heavy atom. The summed E-state index contributed by atoms with van der Waals surface area (Å²) in [5.41, 5.74) is 0. The summed E-state index contributed by atoms with van der Waals surface area (Å²) in [7, 11) is 2.69. The first kappa shape index (κ1) is 35.9. The maximum atomic E-state index is 8.37. The average Bonchev–Trinajstić information content (AvgIpc) is 3.61. The maximum Gasteiger partial charge on any atom is 0.403 e. The molecule has 0 spiro atoms. The van der Waals surface area contributed by atoms with Gasteiger partial charge in [-0.3, -0.25) is 0 Å². The molecule has 0 saturated heterocycles. The topological polar surface area (TPSA) is 114 Å². The Labute approximate surface area is 231 Å². The molecule has 3 aromatic heterocycles. The van der Waals surface area contributed by atoms with Gasteiger partial charge in [0.1, 0.15) is 23.6 Å². The van der Waals surface area contributed by atoms with Gasteiger partial charge in [-0.2, -0.15) is 14.7 Å². The Morgan fingerprint density at radius 3 is 1.00 bits per heavy atom. The second kappa shape index (κ2) is 21.8. The summed E-state index contributed by atoms with van der Waals surface area (Å²) in [6, 6.07) is 0. The van der Waals surface area contributed by atoms with Crippen molar-refractivity contribution in [3.05, 3.63) is 54.7 Å². The average molecular weight is 554 g/mol. The van der Waals surface area contributed by atoms with E-state index in [0.717, 1.165) is 25.7 Å². The predicted octanol–water partition coefficient (Wildman–Crippen LogP) is 5.81. The highest BCUT2D eigenvalue weighted by molar-refractivity contribution is 7.58. The number of hydrogen-bond acceptors (Lipinski definition) is 6. The van der Waals surface area contributed by atoms with Crippen molar-refractivity contribution in [2.24, 2.45) is 21.1 Å². The monoisotopic (exact) mass is 553 g/mol. The second-order valence-electron chi connectivity index (χ2n) is 9.44. The fourth-order valence-electron chi connectivity index (χ4n) is 3.29. The van der Waals surface area contributed by atoms with E-state index in [9.17, 15) is 0 Å². The van der Waals surface area contributed by atoms with Crippen LogP contribution in [-0.4, -0.2) is 49.5 Å². The third kappa shape index (κ3) is 18.2. The Hall–Kier alpha value is -2.06. The van der Waals surface area contributed by atoms with Gasteiger partial charge in [0.15, 0.2) is 0 Å². The lowest BCUT2D eigenvalue weighted by Gasteiger charge is -2.00. The van der Waals surface area contributed by atoms with Crippen LogP contribution in [0, 0.1) is 0 Å². The van der Waals surface area contributed by atoms with Crippen molar-refractivity contribution in [1.29, 1.82) is 0 Å². The molecule has 0 bridgehead atoms. The van der Waals surface area contributed by atoms with Crippen LogP contribution < -0.4 is 0 Å². The number of rotatable bonds is 12. The number of aromatic nitrogens is 6. The molecule has 3 N–H and O–H groups in total. The van der Waals surface area contributed by atoms with Gasteiger partial charge in [0, 0.05) is 77.6 Å². The van der Waals surface area contributed by atoms with Crippen molar-refractivity contribution in [1.82, 2.24) is 28.7 Å². The van der Waals surface area contributed by atoms with Crippen LogP contribution in [-0.2, 0) is 40.4 Å². The van der Waals surface area contributed by atoms with Crippen molar-refractivity contribution < 1.29 is 14.7 Å². The first-order chi connectivity index (χ1) is 18.1. The van der Waals surface area contributed by atoms with Gasteiger partial charge in [-0.15, -0.1) is 0 Å². The summed E-state index contributed by atoms with van der Waals surface area (Å²) in [4.78, 5) is 37.8. The fourth-order valence-corrected chi connectivity index (χ4v) is 4.03. The van der Waals surface area contributed by atoms with Crippen LogP contribution in [0.2, 0.25) is 0 Å². The van der Waals surface area contributed by atoms with Crippen molar-refractivity contribution in [2.45, 2.75) is 98.3 Å². The molecular weight excluding hydrogens is 499 g/mol. The SMILES string of the molecule is CCCC[P+](O)(O)O.CCCCc1nccn1C.CCCCc1nccn1C.CCCCc1nccn1C. The molecule has 0 aliphatic carbocycles. The first-order valence-electron chi connectivity index (χ1n) is 14.0. The molecule has 0 saturated carbocycles. The molecule has 10 heteroatoms. The third-order valence-corrected chi connectivity index (χ3v) is 6.75. The van der Waals surface area contributed by atoms with Crippen molar-refractivity contribution in [3.63, 3.8) is 0 Å². The Bertz CT molecular complexity index is 828. The molecule has 0 aliphatic heterocycles. The van der Waals surface area contributed by atoms with E-state index in [4.69, 9.17) is 14.7 Å². The molecule has 0 amide bonds. The molecule has 3 heterocycles. The number of unbranched alkanes of at least 4 members (excludes halogenated alkanes) is 4. The Morgan fingerprint density at radius 2 is 0.842 bits per heavy atom. The van der Waals surface area contributed by atoms with E-state index < -0.39 is 7.94 Å². The number of aryl methyl sites for hydroxylation is 6. The highest BCUT2D eigenvalue weighted by atomic mass is 31.2. The van der Waals surface area contributed by atoms with Crippen LogP contribution in [0.15, 0.2) is 37.2 Å². The largest absolute Gasteiger partial charge is 0.403 e. The minimum Gasteiger partial charge on any atom is -0.338 e. The van der Waals surface area contributed by atoms with Crippen molar-refractivity contribution in [2.75, 3.05) is 6.16 Å². The van der Waals surface area contributed by atoms with Gasteiger partial charge in [0.2, 0.25) is 0 Å². The van der Waals surface area contributed by atoms with Gasteiger partial charge in [0.05, 0.1) is 0 Å². The van der Waals surface area contributed by atoms with Crippen LogP contribution in [0.25, 0.3) is 0 Å². The van der Waals surface area contributed by atoms with Crippen LogP contribution in [0.1, 0.15) is 96.5 Å². The molecule has 9 nitrogen and oxygen atoms in total. The van der Waals surface area contributed by atoms with E-state index >= 15 is 0 Å². The van der Waals surface area contributed by atoms with E-state index in [-0.39, 0.29) is 6.16 Å². The molecule has 38 heavy (non-hydrogen) atoms. The summed E-state index contributed by atoms with van der Waals surface area (Å²) >= 11 is 0. The van der Waals surface area contributed by atoms with E-state index in [1.807, 2.05) is 65.2 Å². The molecule has 0 unspecified atom stereocenters. The molecule has 3 rings (SSSR count). The zero-order chi connectivity index (χ0) is 28.8. The van der Waals surface area contributed by atoms with Gasteiger partial charge < -0.3 is 13.7 Å².